The summed E-state index contributed by atoms with van der Waals surface area (Å²) in [7, 11) is 0. The Bertz CT molecular complexity index is 657. The Labute approximate surface area is 119 Å². The Kier molecular flexibility index (Phi) is 3.41. The standard InChI is InChI=1S/C17H17N3/c18-9-8-14-12-20(17-7-2-1-6-16(14)17)15-5-3-4-13(10-15)11-19/h1-7,10,14H,8-9,12,18H2. The van der Waals surface area contributed by atoms with Gasteiger partial charge in [-0.25, -0.2) is 0 Å². The van der Waals surface area contributed by atoms with Gasteiger partial charge in [0, 0.05) is 23.8 Å². The van der Waals surface area contributed by atoms with Gasteiger partial charge in [0.15, 0.2) is 0 Å². The summed E-state index contributed by atoms with van der Waals surface area (Å²) in [5.41, 5.74) is 10.1. The molecule has 0 bridgehead atoms. The van der Waals surface area contributed by atoms with E-state index in [0.717, 1.165) is 18.7 Å². The first-order chi connectivity index (χ1) is 9.83. The van der Waals surface area contributed by atoms with Crippen LogP contribution in [0.5, 0.6) is 0 Å². The van der Waals surface area contributed by atoms with Crippen LogP contribution in [-0.4, -0.2) is 13.1 Å². The molecule has 20 heavy (non-hydrogen) atoms. The van der Waals surface area contributed by atoms with Gasteiger partial charge in [0.1, 0.15) is 0 Å². The van der Waals surface area contributed by atoms with Crippen molar-refractivity contribution < 1.29 is 0 Å². The van der Waals surface area contributed by atoms with Crippen LogP contribution in [-0.2, 0) is 0 Å². The monoisotopic (exact) mass is 263 g/mol. The summed E-state index contributed by atoms with van der Waals surface area (Å²) in [6, 6.07) is 18.5. The number of para-hydroxylation sites is 1. The first kappa shape index (κ1) is 12.7. The molecular formula is C17H17N3. The van der Waals surface area contributed by atoms with E-state index in [1.807, 2.05) is 18.2 Å². The summed E-state index contributed by atoms with van der Waals surface area (Å²) in [4.78, 5) is 2.29. The van der Waals surface area contributed by atoms with Gasteiger partial charge in [0.25, 0.3) is 0 Å². The van der Waals surface area contributed by atoms with Crippen molar-refractivity contribution in [1.29, 1.82) is 5.26 Å². The minimum absolute atomic E-state index is 0.474. The third kappa shape index (κ3) is 2.15. The minimum atomic E-state index is 0.474. The highest BCUT2D eigenvalue weighted by Gasteiger charge is 2.28. The van der Waals surface area contributed by atoms with E-state index in [9.17, 15) is 0 Å². The zero-order chi connectivity index (χ0) is 13.9. The van der Waals surface area contributed by atoms with E-state index < -0.39 is 0 Å². The largest absolute Gasteiger partial charge is 0.341 e. The maximum atomic E-state index is 9.05. The van der Waals surface area contributed by atoms with Crippen LogP contribution < -0.4 is 10.6 Å². The van der Waals surface area contributed by atoms with Crippen molar-refractivity contribution in [3.8, 4) is 6.07 Å². The number of anilines is 2. The van der Waals surface area contributed by atoms with Crippen LogP contribution in [0.25, 0.3) is 0 Å². The molecule has 0 amide bonds. The Morgan fingerprint density at radius 3 is 2.85 bits per heavy atom. The molecule has 0 aromatic heterocycles. The van der Waals surface area contributed by atoms with Crippen molar-refractivity contribution in [2.45, 2.75) is 12.3 Å². The summed E-state index contributed by atoms with van der Waals surface area (Å²) >= 11 is 0. The highest BCUT2D eigenvalue weighted by Crippen LogP contribution is 2.41. The average Bonchev–Trinajstić information content (AvgIpc) is 2.87. The molecule has 0 saturated carbocycles. The second-order valence-corrected chi connectivity index (χ2v) is 5.11. The highest BCUT2D eigenvalue weighted by atomic mass is 15.2. The van der Waals surface area contributed by atoms with E-state index in [1.165, 1.54) is 11.3 Å². The minimum Gasteiger partial charge on any atom is -0.341 e. The van der Waals surface area contributed by atoms with Gasteiger partial charge >= 0.3 is 0 Å². The number of hydrogen-bond donors (Lipinski definition) is 1. The molecule has 2 aromatic rings. The Balaban J connectivity index is 2.01. The zero-order valence-corrected chi connectivity index (χ0v) is 11.3. The van der Waals surface area contributed by atoms with Gasteiger partial charge < -0.3 is 10.6 Å². The van der Waals surface area contributed by atoms with Crippen LogP contribution in [0.1, 0.15) is 23.5 Å². The maximum absolute atomic E-state index is 9.05. The number of nitrogens with zero attached hydrogens (tertiary/aromatic N) is 2. The van der Waals surface area contributed by atoms with Crippen LogP contribution in [0.3, 0.4) is 0 Å². The molecule has 1 atom stereocenters. The van der Waals surface area contributed by atoms with Crippen LogP contribution >= 0.6 is 0 Å². The Hall–Kier alpha value is -2.31. The Morgan fingerprint density at radius 2 is 2.05 bits per heavy atom. The fraction of sp³-hybridized carbons (Fsp3) is 0.235. The average molecular weight is 263 g/mol. The molecule has 3 heteroatoms. The van der Waals surface area contributed by atoms with Gasteiger partial charge in [-0.15, -0.1) is 0 Å². The van der Waals surface area contributed by atoms with Crippen LogP contribution in [0.15, 0.2) is 48.5 Å². The number of nitrogens with two attached hydrogens (primary N) is 1. The van der Waals surface area contributed by atoms with Crippen LogP contribution in [0.4, 0.5) is 11.4 Å². The first-order valence-electron chi connectivity index (χ1n) is 6.90. The van der Waals surface area contributed by atoms with E-state index in [-0.39, 0.29) is 0 Å². The quantitative estimate of drug-likeness (QED) is 0.925. The zero-order valence-electron chi connectivity index (χ0n) is 11.3. The molecule has 0 saturated heterocycles. The van der Waals surface area contributed by atoms with E-state index >= 15 is 0 Å². The molecule has 1 unspecified atom stereocenters. The molecule has 2 aromatic carbocycles. The lowest BCUT2D eigenvalue weighted by Gasteiger charge is -2.20. The van der Waals surface area contributed by atoms with Gasteiger partial charge in [-0.3, -0.25) is 0 Å². The highest BCUT2D eigenvalue weighted by molar-refractivity contribution is 5.71. The van der Waals surface area contributed by atoms with Crippen LogP contribution in [0.2, 0.25) is 0 Å². The van der Waals surface area contributed by atoms with E-state index in [4.69, 9.17) is 11.0 Å². The molecule has 1 aliphatic heterocycles. The van der Waals surface area contributed by atoms with Gasteiger partial charge in [0.05, 0.1) is 11.6 Å². The lowest BCUT2D eigenvalue weighted by Crippen LogP contribution is -2.17. The van der Waals surface area contributed by atoms with E-state index in [0.29, 0.717) is 18.0 Å². The fourth-order valence-electron chi connectivity index (χ4n) is 2.93. The molecule has 2 N–H and O–H groups in total. The van der Waals surface area contributed by atoms with E-state index in [1.54, 1.807) is 0 Å². The number of rotatable bonds is 3. The maximum Gasteiger partial charge on any atom is 0.0992 e. The fourth-order valence-corrected chi connectivity index (χ4v) is 2.93. The SMILES string of the molecule is N#Cc1cccc(N2CC(CCN)c3ccccc32)c1. The van der Waals surface area contributed by atoms with Crippen molar-refractivity contribution in [1.82, 2.24) is 0 Å². The Morgan fingerprint density at radius 1 is 1.20 bits per heavy atom. The third-order valence-electron chi connectivity index (χ3n) is 3.87. The molecule has 0 aliphatic carbocycles. The summed E-state index contributed by atoms with van der Waals surface area (Å²) < 4.78 is 0. The van der Waals surface area contributed by atoms with Crippen LogP contribution in [0, 0.1) is 11.3 Å². The molecular weight excluding hydrogens is 246 g/mol. The van der Waals surface area contributed by atoms with Gasteiger partial charge in [-0.05, 0) is 42.8 Å². The number of benzene rings is 2. The molecule has 1 aliphatic rings. The molecule has 1 heterocycles. The number of fused-ring (bicyclic) bond motifs is 1. The molecule has 0 fully saturated rings. The van der Waals surface area contributed by atoms with Gasteiger partial charge in [-0.2, -0.15) is 5.26 Å². The van der Waals surface area contributed by atoms with Crippen molar-refractivity contribution in [3.05, 3.63) is 59.7 Å². The summed E-state index contributed by atoms with van der Waals surface area (Å²) in [5, 5.41) is 9.05. The molecule has 0 radical (unpaired) electrons. The molecule has 3 rings (SSSR count). The van der Waals surface area contributed by atoms with E-state index in [2.05, 4.69) is 41.3 Å². The molecule has 0 spiro atoms. The summed E-state index contributed by atoms with van der Waals surface area (Å²) in [6.45, 7) is 1.64. The van der Waals surface area contributed by atoms with Crippen molar-refractivity contribution >= 4 is 11.4 Å². The summed E-state index contributed by atoms with van der Waals surface area (Å²) in [5.74, 6) is 0.474. The predicted octanol–water partition coefficient (Wildman–Crippen LogP) is 3.14. The summed E-state index contributed by atoms with van der Waals surface area (Å²) in [6.07, 6.45) is 0.992. The second-order valence-electron chi connectivity index (χ2n) is 5.11. The smallest absolute Gasteiger partial charge is 0.0992 e. The molecule has 100 valence electrons. The van der Waals surface area contributed by atoms with Crippen molar-refractivity contribution in [2.24, 2.45) is 5.73 Å². The molecule has 3 nitrogen and oxygen atoms in total. The lowest BCUT2D eigenvalue weighted by molar-refractivity contribution is 0.669. The second kappa shape index (κ2) is 5.36. The lowest BCUT2D eigenvalue weighted by atomic mass is 9.98. The third-order valence-corrected chi connectivity index (χ3v) is 3.87. The number of nitriles is 1. The van der Waals surface area contributed by atoms with Gasteiger partial charge in [0.2, 0.25) is 0 Å². The number of hydrogen-bond acceptors (Lipinski definition) is 3. The van der Waals surface area contributed by atoms with Gasteiger partial charge in [-0.1, -0.05) is 24.3 Å². The first-order valence-corrected chi connectivity index (χ1v) is 6.90. The van der Waals surface area contributed by atoms with Crippen molar-refractivity contribution in [2.75, 3.05) is 18.0 Å². The predicted molar refractivity (Wildman–Crippen MR) is 81.0 cm³/mol. The normalized spacial score (nSPS) is 16.8. The topological polar surface area (TPSA) is 53.0 Å². The van der Waals surface area contributed by atoms with Crippen molar-refractivity contribution in [3.63, 3.8) is 0 Å².